The van der Waals surface area contributed by atoms with Gasteiger partial charge in [0, 0.05) is 11.3 Å². The molecule has 0 aromatic carbocycles. The third kappa shape index (κ3) is 2.03. The predicted molar refractivity (Wildman–Crippen MR) is 65.7 cm³/mol. The van der Waals surface area contributed by atoms with E-state index in [0.29, 0.717) is 5.76 Å². The highest BCUT2D eigenvalue weighted by Gasteiger charge is 2.58. The van der Waals surface area contributed by atoms with E-state index in [1.54, 1.807) is 26.0 Å². The van der Waals surface area contributed by atoms with E-state index >= 15 is 0 Å². The van der Waals surface area contributed by atoms with Crippen LogP contribution in [-0.2, 0) is 14.3 Å². The van der Waals surface area contributed by atoms with Gasteiger partial charge >= 0.3 is 0 Å². The molecule has 2 heterocycles. The predicted octanol–water partition coefficient (Wildman–Crippen LogP) is 1.50. The van der Waals surface area contributed by atoms with E-state index in [4.69, 9.17) is 13.9 Å². The van der Waals surface area contributed by atoms with E-state index in [2.05, 4.69) is 0 Å². The van der Waals surface area contributed by atoms with Crippen LogP contribution in [0.1, 0.15) is 31.9 Å². The molecule has 1 aromatic heterocycles. The smallest absolute Gasteiger partial charge is 0.228 e. The lowest BCUT2D eigenvalue weighted by Gasteiger charge is -2.45. The van der Waals surface area contributed by atoms with Gasteiger partial charge in [0.2, 0.25) is 6.04 Å². The molecule has 4 unspecified atom stereocenters. The topological polar surface area (TPSA) is 91.8 Å². The van der Waals surface area contributed by atoms with Gasteiger partial charge in [-0.25, -0.2) is 0 Å². The van der Waals surface area contributed by atoms with Crippen molar-refractivity contribution in [3.8, 4) is 0 Å². The van der Waals surface area contributed by atoms with E-state index in [-0.39, 0.29) is 17.1 Å². The normalized spacial score (nSPS) is 35.8. The molecule has 0 radical (unpaired) electrons. The molecule has 2 bridgehead atoms. The van der Waals surface area contributed by atoms with E-state index < -0.39 is 30.0 Å². The molecule has 7 heteroatoms. The Bertz CT molecular complexity index is 537. The highest BCUT2D eigenvalue weighted by atomic mass is 16.7. The molecule has 0 spiro atoms. The number of nitrogens with zero attached hydrogens (tertiary/aromatic N) is 1. The van der Waals surface area contributed by atoms with E-state index in [0.717, 1.165) is 0 Å². The molecule has 2 fully saturated rings. The van der Waals surface area contributed by atoms with Gasteiger partial charge in [0.25, 0.3) is 0 Å². The van der Waals surface area contributed by atoms with Crippen molar-refractivity contribution >= 4 is 5.78 Å². The highest BCUT2D eigenvalue weighted by molar-refractivity contribution is 5.90. The van der Waals surface area contributed by atoms with Crippen molar-refractivity contribution < 1.29 is 23.6 Å². The third-order valence-electron chi connectivity index (χ3n) is 3.77. The summed E-state index contributed by atoms with van der Waals surface area (Å²) >= 11 is 0. The van der Waals surface area contributed by atoms with E-state index in [1.165, 1.54) is 6.26 Å². The van der Waals surface area contributed by atoms with Crippen molar-refractivity contribution in [3.05, 3.63) is 34.3 Å². The second-order valence-electron chi connectivity index (χ2n) is 5.58. The van der Waals surface area contributed by atoms with Crippen molar-refractivity contribution in [3.63, 3.8) is 0 Å². The molecule has 1 aliphatic heterocycles. The third-order valence-corrected chi connectivity index (χ3v) is 3.77. The van der Waals surface area contributed by atoms with Gasteiger partial charge in [0.15, 0.2) is 11.6 Å². The van der Waals surface area contributed by atoms with Gasteiger partial charge in [-0.1, -0.05) is 0 Å². The molecule has 0 amide bonds. The summed E-state index contributed by atoms with van der Waals surface area (Å²) in [6.07, 6.45) is -0.210. The maximum absolute atomic E-state index is 12.3. The fraction of sp³-hybridized carbons (Fsp3) is 0.615. The summed E-state index contributed by atoms with van der Waals surface area (Å²) in [4.78, 5) is 23.2. The van der Waals surface area contributed by atoms with Crippen molar-refractivity contribution in [1.82, 2.24) is 0 Å². The molecule has 1 saturated heterocycles. The standard InChI is InChI=1S/C13H15NO6/c1-13(2)19-9-6-7(14(16)17)10(8-4-3-5-18-8)12(20-13)11(9)15/h3-5,7,9-10,12H,6H2,1-2H3. The Morgan fingerprint density at radius 1 is 1.40 bits per heavy atom. The molecule has 0 N–H and O–H groups in total. The molecule has 108 valence electrons. The van der Waals surface area contributed by atoms with Gasteiger partial charge in [0.05, 0.1) is 6.26 Å². The van der Waals surface area contributed by atoms with Crippen molar-refractivity contribution in [1.29, 1.82) is 0 Å². The number of fused-ring (bicyclic) bond motifs is 2. The zero-order chi connectivity index (χ0) is 14.5. The number of hydrogen-bond donors (Lipinski definition) is 0. The maximum atomic E-state index is 12.3. The van der Waals surface area contributed by atoms with Gasteiger partial charge in [-0.2, -0.15) is 0 Å². The number of carbonyl (C=O) groups excluding carboxylic acids is 1. The summed E-state index contributed by atoms with van der Waals surface area (Å²) in [5, 5.41) is 11.3. The van der Waals surface area contributed by atoms with Crippen LogP contribution >= 0.6 is 0 Å². The Hall–Kier alpha value is -1.73. The van der Waals surface area contributed by atoms with Crippen LogP contribution in [0.3, 0.4) is 0 Å². The second kappa shape index (κ2) is 4.39. The van der Waals surface area contributed by atoms with Crippen LogP contribution < -0.4 is 0 Å². The SMILES string of the molecule is CC1(C)OC2CC([N+](=O)[O-])C(c3ccco3)C(O1)C2=O. The minimum atomic E-state index is -0.954. The first-order valence-corrected chi connectivity index (χ1v) is 6.45. The van der Waals surface area contributed by atoms with Gasteiger partial charge in [0.1, 0.15) is 23.9 Å². The lowest BCUT2D eigenvalue weighted by atomic mass is 9.77. The van der Waals surface area contributed by atoms with Crippen molar-refractivity contribution in [2.45, 2.75) is 50.2 Å². The Labute approximate surface area is 115 Å². The van der Waals surface area contributed by atoms with Gasteiger partial charge < -0.3 is 13.9 Å². The fourth-order valence-corrected chi connectivity index (χ4v) is 2.99. The number of furan rings is 1. The fourth-order valence-electron chi connectivity index (χ4n) is 2.99. The molecule has 1 saturated carbocycles. The zero-order valence-corrected chi connectivity index (χ0v) is 11.1. The first-order valence-electron chi connectivity index (χ1n) is 6.45. The number of nitro groups is 1. The van der Waals surface area contributed by atoms with Crippen molar-refractivity contribution in [2.24, 2.45) is 0 Å². The number of Topliss-reactive ketones (excluding diaryl/α,β-unsaturated/α-hetero) is 1. The van der Waals surface area contributed by atoms with Crippen LogP contribution in [0.5, 0.6) is 0 Å². The van der Waals surface area contributed by atoms with Gasteiger partial charge in [-0.3, -0.25) is 14.9 Å². The van der Waals surface area contributed by atoms with E-state index in [1.807, 2.05) is 0 Å². The Morgan fingerprint density at radius 2 is 2.15 bits per heavy atom. The minimum Gasteiger partial charge on any atom is -0.469 e. The van der Waals surface area contributed by atoms with Crippen molar-refractivity contribution in [2.75, 3.05) is 0 Å². The quantitative estimate of drug-likeness (QED) is 0.602. The molecule has 2 aliphatic rings. The number of carbonyl (C=O) groups is 1. The Kier molecular flexibility index (Phi) is 2.91. The van der Waals surface area contributed by atoms with Crippen LogP contribution in [-0.4, -0.2) is 34.7 Å². The summed E-state index contributed by atoms with van der Waals surface area (Å²) in [6.45, 7) is 3.40. The zero-order valence-electron chi connectivity index (χ0n) is 11.1. The summed E-state index contributed by atoms with van der Waals surface area (Å²) in [6, 6.07) is 2.33. The minimum absolute atomic E-state index is 0.0422. The lowest BCUT2D eigenvalue weighted by molar-refractivity contribution is -0.538. The molecular weight excluding hydrogens is 266 g/mol. The Balaban J connectivity index is 2.02. The molecule has 4 atom stereocenters. The first kappa shape index (κ1) is 13.3. The summed E-state index contributed by atoms with van der Waals surface area (Å²) in [7, 11) is 0. The highest BCUT2D eigenvalue weighted by Crippen LogP contribution is 2.42. The number of hydrogen-bond acceptors (Lipinski definition) is 6. The van der Waals surface area contributed by atoms with Gasteiger partial charge in [-0.15, -0.1) is 0 Å². The van der Waals surface area contributed by atoms with Crippen LogP contribution in [0.4, 0.5) is 0 Å². The van der Waals surface area contributed by atoms with Gasteiger partial charge in [-0.05, 0) is 26.0 Å². The number of ether oxygens (including phenoxy) is 2. The lowest BCUT2D eigenvalue weighted by Crippen LogP contribution is -2.61. The average Bonchev–Trinajstić information content (AvgIpc) is 2.84. The summed E-state index contributed by atoms with van der Waals surface area (Å²) in [5.41, 5.74) is 0. The van der Waals surface area contributed by atoms with E-state index in [9.17, 15) is 14.9 Å². The molecule has 20 heavy (non-hydrogen) atoms. The van der Waals surface area contributed by atoms with Crippen LogP contribution in [0.25, 0.3) is 0 Å². The molecule has 1 aliphatic carbocycles. The van der Waals surface area contributed by atoms with Crippen LogP contribution in [0.15, 0.2) is 22.8 Å². The Morgan fingerprint density at radius 3 is 2.75 bits per heavy atom. The summed E-state index contributed by atoms with van der Waals surface area (Å²) in [5.74, 6) is -1.49. The number of ketones is 1. The maximum Gasteiger partial charge on any atom is 0.228 e. The van der Waals surface area contributed by atoms with Crippen LogP contribution in [0, 0.1) is 10.1 Å². The average molecular weight is 281 g/mol. The molecular formula is C13H15NO6. The van der Waals surface area contributed by atoms with Crippen LogP contribution in [0.2, 0.25) is 0 Å². The summed E-state index contributed by atoms with van der Waals surface area (Å²) < 4.78 is 16.4. The monoisotopic (exact) mass is 281 g/mol. The molecule has 3 rings (SSSR count). The first-order chi connectivity index (χ1) is 9.39. The number of rotatable bonds is 2. The second-order valence-corrected chi connectivity index (χ2v) is 5.58. The molecule has 7 nitrogen and oxygen atoms in total. The largest absolute Gasteiger partial charge is 0.469 e. The molecule has 1 aromatic rings.